The van der Waals surface area contributed by atoms with Crippen LogP contribution in [-0.2, 0) is 10.0 Å². The van der Waals surface area contributed by atoms with Gasteiger partial charge >= 0.3 is 0 Å². The Balaban J connectivity index is 3.22. The van der Waals surface area contributed by atoms with Crippen LogP contribution in [0.5, 0.6) is 0 Å². The van der Waals surface area contributed by atoms with Gasteiger partial charge in [0.15, 0.2) is 0 Å². The van der Waals surface area contributed by atoms with E-state index >= 15 is 0 Å². The molecule has 0 bridgehead atoms. The van der Waals surface area contributed by atoms with Crippen LogP contribution in [0.4, 0.5) is 5.69 Å². The average molecular weight is 238 g/mol. The van der Waals surface area contributed by atoms with Gasteiger partial charge < -0.3 is 5.73 Å². The molecule has 0 spiro atoms. The van der Waals surface area contributed by atoms with E-state index in [2.05, 4.69) is 5.92 Å². The average Bonchev–Trinajstić information content (AvgIpc) is 2.26. The van der Waals surface area contributed by atoms with Crippen molar-refractivity contribution in [3.05, 3.63) is 24.3 Å². The third-order valence-electron chi connectivity index (χ3n) is 2.16. The molecule has 0 unspecified atom stereocenters. The molecule has 1 aromatic carbocycles. The maximum atomic E-state index is 12.1. The first kappa shape index (κ1) is 12.6. The zero-order valence-corrected chi connectivity index (χ0v) is 9.87. The highest BCUT2D eigenvalue weighted by Crippen LogP contribution is 2.21. The van der Waals surface area contributed by atoms with Crippen molar-refractivity contribution in [2.24, 2.45) is 0 Å². The smallest absolute Gasteiger partial charge is 0.245 e. The summed E-state index contributed by atoms with van der Waals surface area (Å²) >= 11 is 0. The van der Waals surface area contributed by atoms with E-state index in [-0.39, 0.29) is 17.1 Å². The van der Waals surface area contributed by atoms with Crippen LogP contribution in [0.1, 0.15) is 6.92 Å². The molecular weight excluding hydrogens is 224 g/mol. The molecule has 0 amide bonds. The molecule has 0 aliphatic carbocycles. The van der Waals surface area contributed by atoms with E-state index < -0.39 is 10.0 Å². The van der Waals surface area contributed by atoms with Gasteiger partial charge in [0.25, 0.3) is 0 Å². The summed E-state index contributed by atoms with van der Waals surface area (Å²) in [4.78, 5) is 0.104. The molecule has 16 heavy (non-hydrogen) atoms. The van der Waals surface area contributed by atoms with Crippen molar-refractivity contribution in [3.8, 4) is 12.3 Å². The summed E-state index contributed by atoms with van der Waals surface area (Å²) in [6.07, 6.45) is 5.13. The van der Waals surface area contributed by atoms with Crippen LogP contribution in [0.3, 0.4) is 0 Å². The number of terminal acetylenes is 1. The Morgan fingerprint density at radius 3 is 2.56 bits per heavy atom. The molecule has 4 nitrogen and oxygen atoms in total. The van der Waals surface area contributed by atoms with Crippen molar-refractivity contribution in [2.75, 3.05) is 18.8 Å². The van der Waals surface area contributed by atoms with Crippen molar-refractivity contribution < 1.29 is 8.42 Å². The van der Waals surface area contributed by atoms with Crippen molar-refractivity contribution in [1.82, 2.24) is 4.31 Å². The molecule has 0 aliphatic heterocycles. The molecule has 1 aromatic rings. The fourth-order valence-electron chi connectivity index (χ4n) is 1.32. The molecule has 2 N–H and O–H groups in total. The summed E-state index contributed by atoms with van der Waals surface area (Å²) in [5.74, 6) is 2.32. The van der Waals surface area contributed by atoms with E-state index in [9.17, 15) is 8.42 Å². The molecule has 86 valence electrons. The largest absolute Gasteiger partial charge is 0.398 e. The normalized spacial score (nSPS) is 11.3. The third kappa shape index (κ3) is 2.35. The zero-order chi connectivity index (χ0) is 12.2. The van der Waals surface area contributed by atoms with Gasteiger partial charge in [0.1, 0.15) is 4.90 Å². The number of benzene rings is 1. The number of sulfonamides is 1. The number of nitrogens with zero attached hydrogens (tertiary/aromatic N) is 1. The first-order chi connectivity index (χ1) is 7.54. The standard InChI is InChI=1S/C11H14N2O2S/c1-3-9-13(4-2)16(14,15)11-8-6-5-7-10(11)12/h1,5-8H,4,9,12H2,2H3. The molecule has 0 saturated heterocycles. The van der Waals surface area contributed by atoms with E-state index in [4.69, 9.17) is 12.2 Å². The van der Waals surface area contributed by atoms with Crippen molar-refractivity contribution in [3.63, 3.8) is 0 Å². The zero-order valence-electron chi connectivity index (χ0n) is 9.05. The molecule has 5 heteroatoms. The Morgan fingerprint density at radius 1 is 1.44 bits per heavy atom. The Morgan fingerprint density at radius 2 is 2.06 bits per heavy atom. The summed E-state index contributed by atoms with van der Waals surface area (Å²) in [5.41, 5.74) is 5.87. The van der Waals surface area contributed by atoms with Gasteiger partial charge in [0.2, 0.25) is 10.0 Å². The van der Waals surface area contributed by atoms with E-state index in [1.807, 2.05) is 0 Å². The molecule has 0 aromatic heterocycles. The number of nitrogen functional groups attached to an aromatic ring is 1. The third-order valence-corrected chi connectivity index (χ3v) is 4.15. The minimum absolute atomic E-state index is 0.0488. The second-order valence-corrected chi connectivity index (χ2v) is 5.08. The second kappa shape index (κ2) is 5.01. The predicted molar refractivity (Wildman–Crippen MR) is 64.1 cm³/mol. The van der Waals surface area contributed by atoms with Gasteiger partial charge in [0, 0.05) is 6.54 Å². The molecule has 0 radical (unpaired) electrons. The number of anilines is 1. The van der Waals surface area contributed by atoms with Crippen LogP contribution < -0.4 is 5.73 Å². The quantitative estimate of drug-likeness (QED) is 0.626. The van der Waals surface area contributed by atoms with Crippen molar-refractivity contribution in [1.29, 1.82) is 0 Å². The number of para-hydroxylation sites is 1. The lowest BCUT2D eigenvalue weighted by Crippen LogP contribution is -2.31. The van der Waals surface area contributed by atoms with Crippen LogP contribution in [0, 0.1) is 12.3 Å². The lowest BCUT2D eigenvalue weighted by atomic mass is 10.3. The number of rotatable bonds is 4. The van der Waals surface area contributed by atoms with Crippen LogP contribution in [-0.4, -0.2) is 25.8 Å². The number of hydrogen-bond acceptors (Lipinski definition) is 3. The topological polar surface area (TPSA) is 63.4 Å². The minimum atomic E-state index is -3.58. The van der Waals surface area contributed by atoms with Crippen molar-refractivity contribution in [2.45, 2.75) is 11.8 Å². The van der Waals surface area contributed by atoms with Gasteiger partial charge in [0.05, 0.1) is 12.2 Å². The van der Waals surface area contributed by atoms with Gasteiger partial charge in [-0.2, -0.15) is 4.31 Å². The first-order valence-electron chi connectivity index (χ1n) is 4.82. The maximum absolute atomic E-state index is 12.1. The Bertz CT molecular complexity index is 503. The summed E-state index contributed by atoms with van der Waals surface area (Å²) in [6, 6.07) is 6.35. The molecule has 1 rings (SSSR count). The summed E-state index contributed by atoms with van der Waals surface area (Å²) in [6.45, 7) is 2.10. The summed E-state index contributed by atoms with van der Waals surface area (Å²) in [5, 5.41) is 0. The lowest BCUT2D eigenvalue weighted by molar-refractivity contribution is 0.464. The molecule has 0 saturated carbocycles. The number of hydrogen-bond donors (Lipinski definition) is 1. The molecule has 0 fully saturated rings. The fourth-order valence-corrected chi connectivity index (χ4v) is 2.80. The van der Waals surface area contributed by atoms with Crippen LogP contribution >= 0.6 is 0 Å². The first-order valence-corrected chi connectivity index (χ1v) is 6.26. The number of nitrogens with two attached hydrogens (primary N) is 1. The van der Waals surface area contributed by atoms with Gasteiger partial charge in [-0.25, -0.2) is 8.42 Å². The highest BCUT2D eigenvalue weighted by atomic mass is 32.2. The van der Waals surface area contributed by atoms with Crippen molar-refractivity contribution >= 4 is 15.7 Å². The summed E-state index contributed by atoms with van der Waals surface area (Å²) < 4.78 is 25.5. The molecule has 0 atom stereocenters. The SMILES string of the molecule is C#CCN(CC)S(=O)(=O)c1ccccc1N. The van der Waals surface area contributed by atoms with Gasteiger partial charge in [-0.15, -0.1) is 6.42 Å². The fraction of sp³-hybridized carbons (Fsp3) is 0.273. The minimum Gasteiger partial charge on any atom is -0.398 e. The van der Waals surface area contributed by atoms with E-state index in [1.165, 1.54) is 10.4 Å². The van der Waals surface area contributed by atoms with E-state index in [1.54, 1.807) is 25.1 Å². The monoisotopic (exact) mass is 238 g/mol. The van der Waals surface area contributed by atoms with E-state index in [0.717, 1.165) is 0 Å². The Labute approximate surface area is 96.1 Å². The van der Waals surface area contributed by atoms with Gasteiger partial charge in [-0.3, -0.25) is 0 Å². The molecule has 0 aliphatic rings. The van der Waals surface area contributed by atoms with Gasteiger partial charge in [-0.1, -0.05) is 25.0 Å². The van der Waals surface area contributed by atoms with Crippen LogP contribution in [0.15, 0.2) is 29.2 Å². The van der Waals surface area contributed by atoms with Crippen LogP contribution in [0.2, 0.25) is 0 Å². The van der Waals surface area contributed by atoms with Crippen LogP contribution in [0.25, 0.3) is 0 Å². The van der Waals surface area contributed by atoms with E-state index in [0.29, 0.717) is 6.54 Å². The highest BCUT2D eigenvalue weighted by Gasteiger charge is 2.23. The highest BCUT2D eigenvalue weighted by molar-refractivity contribution is 7.89. The maximum Gasteiger partial charge on any atom is 0.245 e. The second-order valence-electron chi connectivity index (χ2n) is 3.17. The predicted octanol–water partition coefficient (Wildman–Crippen LogP) is 0.913. The lowest BCUT2D eigenvalue weighted by Gasteiger charge is -2.18. The molecular formula is C11H14N2O2S. The molecule has 0 heterocycles. The van der Waals surface area contributed by atoms with Gasteiger partial charge in [-0.05, 0) is 12.1 Å². The Hall–Kier alpha value is -1.51. The summed E-state index contributed by atoms with van der Waals surface area (Å²) in [7, 11) is -3.58. The Kier molecular flexibility index (Phi) is 3.93.